The van der Waals surface area contributed by atoms with Crippen molar-refractivity contribution in [1.29, 1.82) is 0 Å². The average Bonchev–Trinajstić information content (AvgIpc) is 3.00. The molecule has 0 unspecified atom stereocenters. The van der Waals surface area contributed by atoms with Crippen LogP contribution in [0.5, 0.6) is 0 Å². The number of aliphatic carboxylic acids is 1. The lowest BCUT2D eigenvalue weighted by Gasteiger charge is -2.24. The minimum atomic E-state index is -3.09. The van der Waals surface area contributed by atoms with Gasteiger partial charge in [-0.3, -0.25) is 9.59 Å². The Kier molecular flexibility index (Phi) is 5.38. The van der Waals surface area contributed by atoms with Gasteiger partial charge < -0.3 is 10.0 Å². The summed E-state index contributed by atoms with van der Waals surface area (Å²) < 4.78 is 24.0. The van der Waals surface area contributed by atoms with Gasteiger partial charge in [0, 0.05) is 18.2 Å². The lowest BCUT2D eigenvalue weighted by molar-refractivity contribution is -0.138. The second-order valence-electron chi connectivity index (χ2n) is 6.60. The van der Waals surface area contributed by atoms with E-state index in [-0.39, 0.29) is 35.6 Å². The maximum Gasteiger partial charge on any atom is 0.303 e. The number of carbonyl (C=O) groups is 2. The summed E-state index contributed by atoms with van der Waals surface area (Å²) in [6.07, 6.45) is -0.426. The third-order valence-corrected chi connectivity index (χ3v) is 7.67. The monoisotopic (exact) mass is 396 g/mol. The highest BCUT2D eigenvalue weighted by molar-refractivity contribution is 8.15. The molecule has 0 aliphatic carbocycles. The Morgan fingerprint density at radius 1 is 1.23 bits per heavy atom. The minimum Gasteiger partial charge on any atom is -0.481 e. The van der Waals surface area contributed by atoms with E-state index in [1.54, 1.807) is 0 Å². The summed E-state index contributed by atoms with van der Waals surface area (Å²) in [6.45, 7) is 2.46. The van der Waals surface area contributed by atoms with Crippen molar-refractivity contribution in [3.8, 4) is 0 Å². The van der Waals surface area contributed by atoms with Crippen LogP contribution in [0.3, 0.4) is 0 Å². The molecule has 0 saturated carbocycles. The molecule has 2 atom stereocenters. The molecule has 1 N–H and O–H groups in total. The van der Waals surface area contributed by atoms with Crippen molar-refractivity contribution in [1.82, 2.24) is 4.90 Å². The predicted molar refractivity (Wildman–Crippen MR) is 99.9 cm³/mol. The zero-order chi connectivity index (χ0) is 18.9. The number of nitrogens with zero attached hydrogens (tertiary/aromatic N) is 2. The Bertz CT molecular complexity index is 848. The van der Waals surface area contributed by atoms with Gasteiger partial charge in [0.1, 0.15) is 0 Å². The molecule has 1 aromatic rings. The number of hydrogen-bond acceptors (Lipinski definition) is 5. The first-order chi connectivity index (χ1) is 12.2. The van der Waals surface area contributed by atoms with E-state index in [1.165, 1.54) is 11.8 Å². The highest BCUT2D eigenvalue weighted by Gasteiger charge is 2.48. The normalized spacial score (nSPS) is 25.4. The van der Waals surface area contributed by atoms with Gasteiger partial charge in [-0.2, -0.15) is 4.99 Å². The van der Waals surface area contributed by atoms with Gasteiger partial charge in [-0.15, -0.1) is 0 Å². The molecule has 2 saturated heterocycles. The second-order valence-corrected chi connectivity index (χ2v) is 9.96. The first-order valence-corrected chi connectivity index (χ1v) is 11.0. The Morgan fingerprint density at radius 3 is 2.58 bits per heavy atom. The predicted octanol–water partition coefficient (Wildman–Crippen LogP) is 1.46. The maximum absolute atomic E-state index is 12.0. The molecule has 0 spiro atoms. The molecule has 2 fully saturated rings. The third kappa shape index (κ3) is 4.45. The van der Waals surface area contributed by atoms with E-state index in [4.69, 9.17) is 5.11 Å². The highest BCUT2D eigenvalue weighted by Crippen LogP contribution is 2.39. The van der Waals surface area contributed by atoms with Gasteiger partial charge in [0.2, 0.25) is 5.91 Å². The highest BCUT2D eigenvalue weighted by atomic mass is 32.2. The first-order valence-electron chi connectivity index (χ1n) is 8.26. The van der Waals surface area contributed by atoms with Crippen LogP contribution >= 0.6 is 11.8 Å². The number of sulfone groups is 1. The van der Waals surface area contributed by atoms with Gasteiger partial charge in [0.05, 0.1) is 24.0 Å². The van der Waals surface area contributed by atoms with Crippen LogP contribution in [0.15, 0.2) is 29.3 Å². The molecule has 140 valence electrons. The molecule has 0 aromatic heterocycles. The van der Waals surface area contributed by atoms with Crippen LogP contribution in [-0.2, 0) is 26.0 Å². The van der Waals surface area contributed by atoms with E-state index in [9.17, 15) is 18.0 Å². The Labute approximate surface area is 156 Å². The lowest BCUT2D eigenvalue weighted by Crippen LogP contribution is -2.37. The summed E-state index contributed by atoms with van der Waals surface area (Å²) >= 11 is 1.31. The van der Waals surface area contributed by atoms with E-state index in [2.05, 4.69) is 4.99 Å². The summed E-state index contributed by atoms with van der Waals surface area (Å²) in [5.74, 6) is -1.41. The molecule has 1 amide bonds. The van der Waals surface area contributed by atoms with E-state index in [0.29, 0.717) is 11.7 Å². The molecule has 2 aliphatic rings. The van der Waals surface area contributed by atoms with Crippen LogP contribution in [0.4, 0.5) is 0 Å². The number of carboxylic acid groups (broad SMARTS) is 1. The number of amidine groups is 1. The smallest absolute Gasteiger partial charge is 0.303 e. The number of fused-ring (bicyclic) bond motifs is 1. The molecule has 9 heteroatoms. The van der Waals surface area contributed by atoms with E-state index in [1.807, 2.05) is 36.1 Å². The minimum absolute atomic E-state index is 0.0544. The Hall–Kier alpha value is -1.87. The van der Waals surface area contributed by atoms with Crippen molar-refractivity contribution in [2.75, 3.05) is 11.5 Å². The molecule has 2 heterocycles. The fraction of sp³-hybridized carbons (Fsp3) is 0.471. The van der Waals surface area contributed by atoms with E-state index < -0.39 is 21.7 Å². The number of rotatable bonds is 5. The second kappa shape index (κ2) is 7.40. The van der Waals surface area contributed by atoms with Gasteiger partial charge in [-0.25, -0.2) is 8.42 Å². The van der Waals surface area contributed by atoms with Crippen LogP contribution in [0, 0.1) is 6.92 Å². The lowest BCUT2D eigenvalue weighted by atomic mass is 10.1. The number of benzene rings is 1. The van der Waals surface area contributed by atoms with E-state index in [0.717, 1.165) is 11.1 Å². The number of carbonyl (C=O) groups excluding carboxylic acids is 1. The van der Waals surface area contributed by atoms with E-state index >= 15 is 0 Å². The summed E-state index contributed by atoms with van der Waals surface area (Å²) in [5.41, 5.74) is 2.13. The van der Waals surface area contributed by atoms with Crippen LogP contribution < -0.4 is 0 Å². The molecule has 3 rings (SSSR count). The zero-order valence-electron chi connectivity index (χ0n) is 14.3. The summed E-state index contributed by atoms with van der Waals surface area (Å²) in [5, 5.41) is 9.05. The first kappa shape index (κ1) is 18.9. The van der Waals surface area contributed by atoms with Crippen LogP contribution in [0.1, 0.15) is 24.0 Å². The molecule has 1 aromatic carbocycles. The molecule has 0 radical (unpaired) electrons. The standard InChI is InChI=1S/C17H20N2O5S2/c1-11-2-4-12(5-3-11)8-19-13-9-26(23,24)10-14(13)25-17(19)18-15(20)6-7-16(21)22/h2-5,13-14H,6-10H2,1H3,(H,21,22)/t13-,14-/m0/s1. The quantitative estimate of drug-likeness (QED) is 0.803. The number of hydrogen-bond donors (Lipinski definition) is 1. The van der Waals surface area contributed by atoms with Gasteiger partial charge >= 0.3 is 5.97 Å². The number of amides is 1. The summed E-state index contributed by atoms with van der Waals surface area (Å²) in [6, 6.07) is 7.70. The van der Waals surface area contributed by atoms with Gasteiger partial charge in [-0.1, -0.05) is 41.6 Å². The Morgan fingerprint density at radius 2 is 1.92 bits per heavy atom. The Balaban J connectivity index is 1.82. The van der Waals surface area contributed by atoms with Crippen LogP contribution in [0.2, 0.25) is 0 Å². The van der Waals surface area contributed by atoms with Crippen molar-refractivity contribution < 1.29 is 23.1 Å². The zero-order valence-corrected chi connectivity index (χ0v) is 15.9. The maximum atomic E-state index is 12.0. The molecule has 0 bridgehead atoms. The van der Waals surface area contributed by atoms with Crippen LogP contribution in [-0.4, -0.2) is 58.3 Å². The molecule has 7 nitrogen and oxygen atoms in total. The van der Waals surface area contributed by atoms with Crippen molar-refractivity contribution in [3.05, 3.63) is 35.4 Å². The molecule has 26 heavy (non-hydrogen) atoms. The summed E-state index contributed by atoms with van der Waals surface area (Å²) in [7, 11) is -3.09. The topological polar surface area (TPSA) is 104 Å². The summed E-state index contributed by atoms with van der Waals surface area (Å²) in [4.78, 5) is 28.6. The van der Waals surface area contributed by atoms with Crippen molar-refractivity contribution in [2.45, 2.75) is 37.6 Å². The fourth-order valence-electron chi connectivity index (χ4n) is 3.09. The number of thioether (sulfide) groups is 1. The van der Waals surface area contributed by atoms with Gasteiger partial charge in [0.25, 0.3) is 0 Å². The van der Waals surface area contributed by atoms with Gasteiger partial charge in [0.15, 0.2) is 15.0 Å². The molecular weight excluding hydrogens is 376 g/mol. The molecular formula is C17H20N2O5S2. The number of aliphatic imine (C=N–C) groups is 1. The van der Waals surface area contributed by atoms with Crippen molar-refractivity contribution in [2.24, 2.45) is 4.99 Å². The van der Waals surface area contributed by atoms with Gasteiger partial charge in [-0.05, 0) is 12.5 Å². The number of carboxylic acids is 1. The van der Waals surface area contributed by atoms with Crippen molar-refractivity contribution >= 4 is 38.6 Å². The molecule has 2 aliphatic heterocycles. The fourth-order valence-corrected chi connectivity index (χ4v) is 7.06. The third-order valence-electron chi connectivity index (χ3n) is 4.42. The average molecular weight is 396 g/mol. The SMILES string of the molecule is Cc1ccc(CN2C(=NC(=O)CCC(=O)O)S[C@H]3CS(=O)(=O)C[C@@H]32)cc1. The largest absolute Gasteiger partial charge is 0.481 e. The number of aryl methyl sites for hydroxylation is 1. The van der Waals surface area contributed by atoms with Crippen molar-refractivity contribution in [3.63, 3.8) is 0 Å². The van der Waals surface area contributed by atoms with Crippen LogP contribution in [0.25, 0.3) is 0 Å².